The number of carbonyl (C=O) groups excluding carboxylic acids is 1. The largest absolute Gasteiger partial charge is 0.396 e. The van der Waals surface area contributed by atoms with Gasteiger partial charge in [-0.15, -0.1) is 0 Å². The molecule has 3 N–H and O–H groups in total. The van der Waals surface area contributed by atoms with Crippen molar-refractivity contribution in [2.75, 3.05) is 11.1 Å². The van der Waals surface area contributed by atoms with Crippen LogP contribution < -0.4 is 11.1 Å². The van der Waals surface area contributed by atoms with Gasteiger partial charge in [-0.3, -0.25) is 4.79 Å². The summed E-state index contributed by atoms with van der Waals surface area (Å²) < 4.78 is 27.7. The molecular formula is C15H13BrF2N2O. The van der Waals surface area contributed by atoms with Crippen molar-refractivity contribution in [2.24, 2.45) is 0 Å². The second-order valence-corrected chi connectivity index (χ2v) is 5.52. The predicted molar refractivity (Wildman–Crippen MR) is 82.3 cm³/mol. The molecule has 2 aromatic carbocycles. The molecule has 0 fully saturated rings. The zero-order valence-electron chi connectivity index (χ0n) is 11.4. The van der Waals surface area contributed by atoms with Crippen molar-refractivity contribution in [3.8, 4) is 0 Å². The molecule has 1 amide bonds. The van der Waals surface area contributed by atoms with E-state index in [9.17, 15) is 13.6 Å². The van der Waals surface area contributed by atoms with E-state index >= 15 is 0 Å². The highest BCUT2D eigenvalue weighted by molar-refractivity contribution is 9.10. The lowest BCUT2D eigenvalue weighted by Crippen LogP contribution is -2.15. The third-order valence-corrected chi connectivity index (χ3v) is 4.28. The van der Waals surface area contributed by atoms with Gasteiger partial charge in [0.25, 0.3) is 5.91 Å². The Labute approximate surface area is 129 Å². The Bertz CT molecular complexity index is 709. The summed E-state index contributed by atoms with van der Waals surface area (Å²) in [5, 5.41) is 2.58. The fraction of sp³-hybridized carbons (Fsp3) is 0.133. The van der Waals surface area contributed by atoms with Gasteiger partial charge in [0.2, 0.25) is 0 Å². The van der Waals surface area contributed by atoms with Crippen LogP contribution in [0, 0.1) is 25.5 Å². The molecule has 2 rings (SSSR count). The van der Waals surface area contributed by atoms with E-state index in [2.05, 4.69) is 21.2 Å². The number of hydrogen-bond donors (Lipinski definition) is 2. The number of nitrogen functional groups attached to an aromatic ring is 1. The van der Waals surface area contributed by atoms with Crippen molar-refractivity contribution in [3.63, 3.8) is 0 Å². The lowest BCUT2D eigenvalue weighted by molar-refractivity contribution is 0.102. The number of carbonyl (C=O) groups is 1. The number of amides is 1. The van der Waals surface area contributed by atoms with Crippen molar-refractivity contribution in [2.45, 2.75) is 13.8 Å². The monoisotopic (exact) mass is 354 g/mol. The van der Waals surface area contributed by atoms with Gasteiger partial charge in [-0.2, -0.15) is 0 Å². The molecule has 0 bridgehead atoms. The first kappa shape index (κ1) is 15.4. The maximum atomic E-state index is 13.6. The number of hydrogen-bond acceptors (Lipinski definition) is 2. The summed E-state index contributed by atoms with van der Waals surface area (Å²) in [6.45, 7) is 3.76. The first-order chi connectivity index (χ1) is 9.79. The quantitative estimate of drug-likeness (QED) is 0.794. The lowest BCUT2D eigenvalue weighted by atomic mass is 10.1. The number of nitrogens with one attached hydrogen (secondary N) is 1. The second-order valence-electron chi connectivity index (χ2n) is 4.73. The maximum Gasteiger partial charge on any atom is 0.258 e. The minimum Gasteiger partial charge on any atom is -0.396 e. The molecule has 0 radical (unpaired) electrons. The van der Waals surface area contributed by atoms with E-state index in [0.717, 1.165) is 21.7 Å². The summed E-state index contributed by atoms with van der Waals surface area (Å²) in [4.78, 5) is 12.1. The smallest absolute Gasteiger partial charge is 0.258 e. The van der Waals surface area contributed by atoms with E-state index in [1.807, 2.05) is 13.8 Å². The summed E-state index contributed by atoms with van der Waals surface area (Å²) in [5.41, 5.74) is 7.19. The molecule has 6 heteroatoms. The molecule has 2 aromatic rings. The highest BCUT2D eigenvalue weighted by atomic mass is 79.9. The average molecular weight is 355 g/mol. The number of halogens is 3. The number of anilines is 2. The molecule has 0 aromatic heterocycles. The number of benzene rings is 2. The number of rotatable bonds is 2. The van der Waals surface area contributed by atoms with Crippen molar-refractivity contribution in [3.05, 3.63) is 57.1 Å². The van der Waals surface area contributed by atoms with Gasteiger partial charge in [0.1, 0.15) is 11.6 Å². The first-order valence-corrected chi connectivity index (χ1v) is 6.91. The molecule has 0 saturated heterocycles. The van der Waals surface area contributed by atoms with Gasteiger partial charge < -0.3 is 11.1 Å². The standard InChI is InChI=1S/C15H13BrF2N2O/c1-7-3-9(4-8(2)14(7)16)20-15(21)10-5-13(19)12(18)6-11(10)17/h3-6H,19H2,1-2H3,(H,20,21). The molecule has 110 valence electrons. The highest BCUT2D eigenvalue weighted by Crippen LogP contribution is 2.26. The van der Waals surface area contributed by atoms with Crippen LogP contribution in [0.3, 0.4) is 0 Å². The van der Waals surface area contributed by atoms with E-state index in [1.54, 1.807) is 12.1 Å². The molecule has 0 aliphatic rings. The van der Waals surface area contributed by atoms with Crippen LogP contribution in [0.1, 0.15) is 21.5 Å². The van der Waals surface area contributed by atoms with Crippen LogP contribution >= 0.6 is 15.9 Å². The van der Waals surface area contributed by atoms with Crippen LogP contribution in [0.5, 0.6) is 0 Å². The topological polar surface area (TPSA) is 55.1 Å². The van der Waals surface area contributed by atoms with Crippen LogP contribution in [0.2, 0.25) is 0 Å². The van der Waals surface area contributed by atoms with Gasteiger partial charge in [-0.25, -0.2) is 8.78 Å². The van der Waals surface area contributed by atoms with Gasteiger partial charge in [0, 0.05) is 16.2 Å². The average Bonchev–Trinajstić information content (AvgIpc) is 2.40. The molecule has 0 saturated carbocycles. The molecular weight excluding hydrogens is 342 g/mol. The summed E-state index contributed by atoms with van der Waals surface area (Å²) in [6, 6.07) is 5.08. The Hall–Kier alpha value is -1.95. The van der Waals surface area contributed by atoms with E-state index in [0.29, 0.717) is 11.8 Å². The van der Waals surface area contributed by atoms with Crippen LogP contribution in [0.4, 0.5) is 20.2 Å². The Balaban J connectivity index is 2.32. The molecule has 0 atom stereocenters. The molecule has 0 heterocycles. The lowest BCUT2D eigenvalue weighted by Gasteiger charge is -2.10. The Kier molecular flexibility index (Phi) is 4.27. The van der Waals surface area contributed by atoms with Gasteiger partial charge in [0.05, 0.1) is 11.3 Å². The highest BCUT2D eigenvalue weighted by Gasteiger charge is 2.15. The third kappa shape index (κ3) is 3.21. The molecule has 0 aliphatic carbocycles. The molecule has 3 nitrogen and oxygen atoms in total. The van der Waals surface area contributed by atoms with Gasteiger partial charge in [-0.05, 0) is 43.2 Å². The second kappa shape index (κ2) is 5.81. The number of aryl methyl sites for hydroxylation is 2. The summed E-state index contributed by atoms with van der Waals surface area (Å²) >= 11 is 3.42. The minimum atomic E-state index is -0.954. The van der Waals surface area contributed by atoms with Crippen LogP contribution in [-0.4, -0.2) is 5.91 Å². The summed E-state index contributed by atoms with van der Waals surface area (Å²) in [5.74, 6) is -2.52. The molecule has 21 heavy (non-hydrogen) atoms. The van der Waals surface area contributed by atoms with Gasteiger partial charge in [-0.1, -0.05) is 15.9 Å². The Morgan fingerprint density at radius 3 is 2.24 bits per heavy atom. The Morgan fingerprint density at radius 1 is 1.10 bits per heavy atom. The van der Waals surface area contributed by atoms with E-state index < -0.39 is 17.5 Å². The summed E-state index contributed by atoms with van der Waals surface area (Å²) in [7, 11) is 0. The van der Waals surface area contributed by atoms with Crippen LogP contribution in [-0.2, 0) is 0 Å². The van der Waals surface area contributed by atoms with Gasteiger partial charge in [0.15, 0.2) is 0 Å². The van der Waals surface area contributed by atoms with E-state index in [4.69, 9.17) is 5.73 Å². The van der Waals surface area contributed by atoms with Crippen LogP contribution in [0.15, 0.2) is 28.7 Å². The fourth-order valence-corrected chi connectivity index (χ4v) is 2.19. The Morgan fingerprint density at radius 2 is 1.67 bits per heavy atom. The van der Waals surface area contributed by atoms with Crippen LogP contribution in [0.25, 0.3) is 0 Å². The predicted octanol–water partition coefficient (Wildman–Crippen LogP) is 4.18. The maximum absolute atomic E-state index is 13.6. The van der Waals surface area contributed by atoms with Crippen molar-refractivity contribution in [1.29, 1.82) is 0 Å². The first-order valence-electron chi connectivity index (χ1n) is 6.12. The normalized spacial score (nSPS) is 10.5. The summed E-state index contributed by atoms with van der Waals surface area (Å²) in [6.07, 6.45) is 0. The fourth-order valence-electron chi connectivity index (χ4n) is 1.96. The SMILES string of the molecule is Cc1cc(NC(=O)c2cc(N)c(F)cc2F)cc(C)c1Br. The zero-order valence-corrected chi connectivity index (χ0v) is 13.0. The minimum absolute atomic E-state index is 0.273. The molecule has 0 unspecified atom stereocenters. The van der Waals surface area contributed by atoms with Crippen molar-refractivity contribution >= 4 is 33.2 Å². The number of nitrogens with two attached hydrogens (primary N) is 1. The van der Waals surface area contributed by atoms with Gasteiger partial charge >= 0.3 is 0 Å². The van der Waals surface area contributed by atoms with Crippen molar-refractivity contribution < 1.29 is 13.6 Å². The molecule has 0 aliphatic heterocycles. The van der Waals surface area contributed by atoms with E-state index in [1.165, 1.54) is 0 Å². The molecule has 0 spiro atoms. The van der Waals surface area contributed by atoms with E-state index in [-0.39, 0.29) is 11.3 Å². The third-order valence-electron chi connectivity index (χ3n) is 3.03. The van der Waals surface area contributed by atoms with Crippen molar-refractivity contribution in [1.82, 2.24) is 0 Å². The zero-order chi connectivity index (χ0) is 15.7.